The van der Waals surface area contributed by atoms with Gasteiger partial charge in [0.1, 0.15) is 4.90 Å². The predicted octanol–water partition coefficient (Wildman–Crippen LogP) is 2.27. The van der Waals surface area contributed by atoms with Crippen molar-refractivity contribution in [3.63, 3.8) is 0 Å². The molecule has 1 aromatic heterocycles. The fourth-order valence-electron chi connectivity index (χ4n) is 3.31. The quantitative estimate of drug-likeness (QED) is 0.901. The van der Waals surface area contributed by atoms with E-state index in [9.17, 15) is 8.42 Å². The molecule has 5 nitrogen and oxygen atoms in total. The first-order valence-electron chi connectivity index (χ1n) is 6.37. The first-order chi connectivity index (χ1) is 9.30. The zero-order valence-electron chi connectivity index (χ0n) is 11.0. The normalized spacial score (nSPS) is 31.6. The molecule has 0 radical (unpaired) electrons. The third-order valence-electron chi connectivity index (χ3n) is 4.33. The second kappa shape index (κ2) is 4.26. The largest absolute Gasteiger partial charge is 0.259 e. The van der Waals surface area contributed by atoms with Crippen molar-refractivity contribution in [3.05, 3.63) is 22.4 Å². The first-order valence-corrected chi connectivity index (χ1v) is 8.65. The summed E-state index contributed by atoms with van der Waals surface area (Å²) >= 11 is 3.30. The van der Waals surface area contributed by atoms with Crippen LogP contribution in [-0.4, -0.2) is 18.9 Å². The summed E-state index contributed by atoms with van der Waals surface area (Å²) in [5.41, 5.74) is 0.0238. The zero-order valence-corrected chi connectivity index (χ0v) is 13.4. The van der Waals surface area contributed by atoms with Crippen molar-refractivity contribution >= 4 is 26.0 Å². The van der Waals surface area contributed by atoms with Crippen molar-refractivity contribution in [2.45, 2.75) is 43.0 Å². The van der Waals surface area contributed by atoms with E-state index >= 15 is 0 Å². The average molecular weight is 356 g/mol. The van der Waals surface area contributed by atoms with Gasteiger partial charge in [-0.15, -0.1) is 0 Å². The van der Waals surface area contributed by atoms with E-state index in [1.165, 1.54) is 6.20 Å². The molecule has 3 saturated carbocycles. The van der Waals surface area contributed by atoms with Crippen molar-refractivity contribution < 1.29 is 8.42 Å². The molecule has 2 bridgehead atoms. The van der Waals surface area contributed by atoms with E-state index < -0.39 is 15.6 Å². The predicted molar refractivity (Wildman–Crippen MR) is 76.2 cm³/mol. The number of aromatic nitrogens is 1. The van der Waals surface area contributed by atoms with Crippen LogP contribution in [0.3, 0.4) is 0 Å². The number of sulfonamides is 1. The van der Waals surface area contributed by atoms with Crippen LogP contribution < -0.4 is 4.72 Å². The second-order valence-electron chi connectivity index (χ2n) is 5.87. The fraction of sp³-hybridized carbons (Fsp3) is 0.538. The Morgan fingerprint density at radius 2 is 2.15 bits per heavy atom. The third-order valence-corrected chi connectivity index (χ3v) is 6.68. The maximum atomic E-state index is 12.4. The van der Waals surface area contributed by atoms with Crippen LogP contribution in [-0.2, 0) is 10.0 Å². The van der Waals surface area contributed by atoms with Crippen LogP contribution in [0, 0.1) is 23.7 Å². The summed E-state index contributed by atoms with van der Waals surface area (Å²) in [5.74, 6) is 0. The molecule has 106 valence electrons. The summed E-state index contributed by atoms with van der Waals surface area (Å²) in [7, 11) is -3.59. The number of pyridine rings is 1. The number of hydrogen-bond acceptors (Lipinski definition) is 4. The minimum Gasteiger partial charge on any atom is -0.259 e. The van der Waals surface area contributed by atoms with Gasteiger partial charge in [-0.2, -0.15) is 5.26 Å². The Bertz CT molecular complexity index is 718. The molecule has 4 rings (SSSR count). The van der Waals surface area contributed by atoms with E-state index in [1.54, 1.807) is 13.0 Å². The van der Waals surface area contributed by atoms with Gasteiger partial charge in [-0.1, -0.05) is 0 Å². The van der Waals surface area contributed by atoms with E-state index in [1.807, 2.05) is 0 Å². The molecule has 0 aromatic carbocycles. The highest BCUT2D eigenvalue weighted by atomic mass is 79.9. The Morgan fingerprint density at radius 3 is 2.70 bits per heavy atom. The number of fused-ring (bicyclic) bond motifs is 1. The van der Waals surface area contributed by atoms with Gasteiger partial charge in [0, 0.05) is 16.2 Å². The fourth-order valence-corrected chi connectivity index (χ4v) is 5.21. The number of nitriles is 1. The molecule has 20 heavy (non-hydrogen) atoms. The lowest BCUT2D eigenvalue weighted by Gasteiger charge is -2.43. The van der Waals surface area contributed by atoms with Crippen molar-refractivity contribution in [1.82, 2.24) is 9.71 Å². The molecule has 0 aliphatic heterocycles. The minimum absolute atomic E-state index is 0.158. The molecule has 1 N–H and O–H groups in total. The average Bonchev–Trinajstić information content (AvgIpc) is 2.87. The molecule has 0 saturated heterocycles. The van der Waals surface area contributed by atoms with Crippen LogP contribution in [0.15, 0.2) is 21.6 Å². The monoisotopic (exact) mass is 355 g/mol. The number of nitrogens with zero attached hydrogens (tertiary/aromatic N) is 2. The SMILES string of the molecule is Cc1ncc(S(=O)(=O)NC23CCC(C#N)(C2)C3)cc1Br. The zero-order chi connectivity index (χ0) is 14.6. The highest BCUT2D eigenvalue weighted by Gasteiger charge is 2.62. The second-order valence-corrected chi connectivity index (χ2v) is 8.41. The Balaban J connectivity index is 1.84. The molecule has 7 heteroatoms. The van der Waals surface area contributed by atoms with E-state index in [4.69, 9.17) is 5.26 Å². The maximum Gasteiger partial charge on any atom is 0.242 e. The molecule has 0 amide bonds. The molecule has 3 aliphatic carbocycles. The number of rotatable bonds is 3. The van der Waals surface area contributed by atoms with Gasteiger partial charge in [-0.3, -0.25) is 4.98 Å². The Kier molecular flexibility index (Phi) is 2.98. The van der Waals surface area contributed by atoms with Gasteiger partial charge >= 0.3 is 0 Å². The molecular formula is C13H14BrN3O2S. The van der Waals surface area contributed by atoms with Gasteiger partial charge in [-0.25, -0.2) is 13.1 Å². The highest BCUT2D eigenvalue weighted by molar-refractivity contribution is 9.10. The van der Waals surface area contributed by atoms with E-state index in [-0.39, 0.29) is 10.3 Å². The van der Waals surface area contributed by atoms with Gasteiger partial charge in [0.05, 0.1) is 17.2 Å². The molecule has 3 fully saturated rings. The summed E-state index contributed by atoms with van der Waals surface area (Å²) in [6.45, 7) is 1.80. The number of halogens is 1. The lowest BCUT2D eigenvalue weighted by molar-refractivity contribution is 0.161. The Morgan fingerprint density at radius 1 is 1.45 bits per heavy atom. The van der Waals surface area contributed by atoms with Gasteiger partial charge in [0.15, 0.2) is 0 Å². The van der Waals surface area contributed by atoms with Gasteiger partial charge < -0.3 is 0 Å². The van der Waals surface area contributed by atoms with E-state index in [2.05, 4.69) is 31.7 Å². The smallest absolute Gasteiger partial charge is 0.242 e. The molecule has 1 aromatic rings. The lowest BCUT2D eigenvalue weighted by Crippen LogP contribution is -2.55. The first kappa shape index (κ1) is 14.0. The van der Waals surface area contributed by atoms with Crippen LogP contribution in [0.5, 0.6) is 0 Å². The summed E-state index contributed by atoms with van der Waals surface area (Å²) in [6.07, 6.45) is 4.12. The van der Waals surface area contributed by atoms with E-state index in [0.717, 1.165) is 18.5 Å². The van der Waals surface area contributed by atoms with Gasteiger partial charge in [0.2, 0.25) is 10.0 Å². The minimum atomic E-state index is -3.59. The number of aryl methyl sites for hydroxylation is 1. The summed E-state index contributed by atoms with van der Waals surface area (Å²) < 4.78 is 28.3. The summed E-state index contributed by atoms with van der Waals surface area (Å²) in [5, 5.41) is 9.12. The van der Waals surface area contributed by atoms with Crippen LogP contribution >= 0.6 is 15.9 Å². The van der Waals surface area contributed by atoms with Crippen molar-refractivity contribution in [3.8, 4) is 6.07 Å². The number of hydrogen-bond donors (Lipinski definition) is 1. The van der Waals surface area contributed by atoms with Crippen LogP contribution in [0.2, 0.25) is 0 Å². The van der Waals surface area contributed by atoms with Crippen molar-refractivity contribution in [2.24, 2.45) is 5.41 Å². The molecule has 1 heterocycles. The highest BCUT2D eigenvalue weighted by Crippen LogP contribution is 2.61. The lowest BCUT2D eigenvalue weighted by atomic mass is 9.66. The molecule has 0 unspecified atom stereocenters. The third kappa shape index (κ3) is 2.07. The molecule has 0 atom stereocenters. The molecule has 3 aliphatic rings. The van der Waals surface area contributed by atoms with Gasteiger partial charge in [-0.05, 0) is 54.6 Å². The molecular weight excluding hydrogens is 342 g/mol. The molecule has 0 spiro atoms. The number of nitrogens with one attached hydrogen (secondary N) is 1. The van der Waals surface area contributed by atoms with Gasteiger partial charge in [0.25, 0.3) is 0 Å². The Hall–Kier alpha value is -0.970. The summed E-state index contributed by atoms with van der Waals surface area (Å²) in [4.78, 5) is 4.22. The topological polar surface area (TPSA) is 82.8 Å². The Labute approximate surface area is 126 Å². The van der Waals surface area contributed by atoms with E-state index in [0.29, 0.717) is 17.3 Å². The van der Waals surface area contributed by atoms with Crippen molar-refractivity contribution in [1.29, 1.82) is 5.26 Å². The summed E-state index contributed by atoms with van der Waals surface area (Å²) in [6, 6.07) is 3.88. The van der Waals surface area contributed by atoms with Crippen LogP contribution in [0.1, 0.15) is 31.4 Å². The van der Waals surface area contributed by atoms with Crippen LogP contribution in [0.4, 0.5) is 0 Å². The van der Waals surface area contributed by atoms with Crippen LogP contribution in [0.25, 0.3) is 0 Å². The standard InChI is InChI=1S/C13H14BrN3O2S/c1-9-11(14)4-10(5-16-9)20(18,19)17-13-3-2-12(6-13,7-13)8-15/h4-5,17H,2-3,6-7H2,1H3. The van der Waals surface area contributed by atoms with Crippen molar-refractivity contribution in [2.75, 3.05) is 0 Å². The maximum absolute atomic E-state index is 12.4.